The molecule has 1 saturated carbocycles. The molecule has 1 aliphatic carbocycles. The molecule has 2 fully saturated rings. The fourth-order valence-electron chi connectivity index (χ4n) is 3.24. The maximum atomic E-state index is 13.2. The molecule has 0 aromatic carbocycles. The summed E-state index contributed by atoms with van der Waals surface area (Å²) in [5, 5.41) is 0. The summed E-state index contributed by atoms with van der Waals surface area (Å²) in [6.45, 7) is 3.61. The van der Waals surface area contributed by atoms with Crippen LogP contribution in [-0.2, 0) is 9.53 Å². The molecule has 1 aliphatic heterocycles. The molecule has 2 aliphatic rings. The Bertz CT molecular complexity index is 323. The van der Waals surface area contributed by atoms with Gasteiger partial charge in [-0.3, -0.25) is 9.69 Å². The van der Waals surface area contributed by atoms with E-state index < -0.39 is 5.92 Å². The fourth-order valence-corrected chi connectivity index (χ4v) is 3.24. The summed E-state index contributed by atoms with van der Waals surface area (Å²) in [5.74, 6) is -2.67. The number of rotatable bonds is 4. The zero-order valence-corrected chi connectivity index (χ0v) is 11.5. The van der Waals surface area contributed by atoms with Crippen LogP contribution in [0.15, 0.2) is 0 Å². The summed E-state index contributed by atoms with van der Waals surface area (Å²) in [6, 6.07) is -0.220. The van der Waals surface area contributed by atoms with Gasteiger partial charge in [0.2, 0.25) is 5.92 Å². The van der Waals surface area contributed by atoms with Crippen molar-refractivity contribution in [3.05, 3.63) is 0 Å². The van der Waals surface area contributed by atoms with Gasteiger partial charge in [0, 0.05) is 19.4 Å². The number of likely N-dealkylation sites (tertiary alicyclic amines) is 1. The third-order valence-electron chi connectivity index (χ3n) is 4.17. The number of nitrogens with zero attached hydrogens (tertiary/aromatic N) is 1. The van der Waals surface area contributed by atoms with E-state index in [1.54, 1.807) is 6.92 Å². The van der Waals surface area contributed by atoms with Crippen molar-refractivity contribution >= 4 is 5.97 Å². The normalized spacial score (nSPS) is 31.3. The minimum Gasteiger partial charge on any atom is -0.465 e. The number of carbonyl (C=O) groups is 1. The van der Waals surface area contributed by atoms with Gasteiger partial charge in [-0.15, -0.1) is 0 Å². The molecule has 1 heterocycles. The van der Waals surface area contributed by atoms with Gasteiger partial charge in [-0.25, -0.2) is 8.78 Å². The maximum absolute atomic E-state index is 13.2. The highest BCUT2D eigenvalue weighted by molar-refractivity contribution is 5.75. The van der Waals surface area contributed by atoms with Crippen molar-refractivity contribution in [2.45, 2.75) is 57.4 Å². The number of esters is 1. The Morgan fingerprint density at radius 1 is 1.37 bits per heavy atom. The molecule has 0 aromatic rings. The molecule has 1 saturated heterocycles. The Morgan fingerprint density at radius 3 is 2.79 bits per heavy atom. The molecule has 0 spiro atoms. The first-order valence-electron chi connectivity index (χ1n) is 7.30. The number of ether oxygens (including phenoxy) is 1. The molecule has 19 heavy (non-hydrogen) atoms. The number of alkyl halides is 2. The Morgan fingerprint density at radius 2 is 2.16 bits per heavy atom. The average Bonchev–Trinajstić information content (AvgIpc) is 2.69. The van der Waals surface area contributed by atoms with E-state index in [1.165, 1.54) is 0 Å². The van der Waals surface area contributed by atoms with Gasteiger partial charge in [0.25, 0.3) is 0 Å². The lowest BCUT2D eigenvalue weighted by Crippen LogP contribution is -2.47. The Kier molecular flexibility index (Phi) is 4.76. The summed E-state index contributed by atoms with van der Waals surface area (Å²) in [4.78, 5) is 14.0. The van der Waals surface area contributed by atoms with Crippen LogP contribution < -0.4 is 0 Å². The van der Waals surface area contributed by atoms with E-state index in [0.717, 1.165) is 25.8 Å². The van der Waals surface area contributed by atoms with E-state index in [4.69, 9.17) is 4.74 Å². The minimum atomic E-state index is -2.50. The fraction of sp³-hybridized carbons (Fsp3) is 0.929. The molecule has 5 heteroatoms. The molecule has 2 rings (SSSR count). The summed E-state index contributed by atoms with van der Waals surface area (Å²) in [7, 11) is 0. The van der Waals surface area contributed by atoms with Crippen LogP contribution >= 0.6 is 0 Å². The third kappa shape index (κ3) is 3.88. The number of piperidine rings is 1. The van der Waals surface area contributed by atoms with E-state index in [9.17, 15) is 13.6 Å². The molecule has 0 radical (unpaired) electrons. The zero-order valence-electron chi connectivity index (χ0n) is 11.5. The van der Waals surface area contributed by atoms with E-state index in [-0.39, 0.29) is 30.8 Å². The van der Waals surface area contributed by atoms with Gasteiger partial charge in [0.15, 0.2) is 0 Å². The largest absolute Gasteiger partial charge is 0.465 e. The van der Waals surface area contributed by atoms with Gasteiger partial charge in [-0.1, -0.05) is 6.42 Å². The third-order valence-corrected chi connectivity index (χ3v) is 4.17. The van der Waals surface area contributed by atoms with Crippen LogP contribution in [0.3, 0.4) is 0 Å². The van der Waals surface area contributed by atoms with Crippen LogP contribution in [0.1, 0.15) is 45.4 Å². The quantitative estimate of drug-likeness (QED) is 0.739. The Balaban J connectivity index is 1.91. The van der Waals surface area contributed by atoms with E-state index in [0.29, 0.717) is 19.6 Å². The number of halogens is 2. The molecule has 2 unspecified atom stereocenters. The Labute approximate surface area is 113 Å². The highest BCUT2D eigenvalue weighted by atomic mass is 19.3. The van der Waals surface area contributed by atoms with Crippen molar-refractivity contribution in [3.8, 4) is 0 Å². The van der Waals surface area contributed by atoms with Crippen molar-refractivity contribution in [2.75, 3.05) is 19.7 Å². The first-order chi connectivity index (χ1) is 9.02. The molecule has 0 N–H and O–H groups in total. The molecule has 2 atom stereocenters. The van der Waals surface area contributed by atoms with Crippen LogP contribution in [0.25, 0.3) is 0 Å². The van der Waals surface area contributed by atoms with Crippen molar-refractivity contribution in [1.29, 1.82) is 0 Å². The monoisotopic (exact) mass is 275 g/mol. The lowest BCUT2D eigenvalue weighted by atomic mass is 9.99. The summed E-state index contributed by atoms with van der Waals surface area (Å²) >= 11 is 0. The minimum absolute atomic E-state index is 0.00439. The van der Waals surface area contributed by atoms with Crippen molar-refractivity contribution in [2.24, 2.45) is 5.92 Å². The first-order valence-corrected chi connectivity index (χ1v) is 7.30. The topological polar surface area (TPSA) is 29.5 Å². The molecule has 110 valence electrons. The van der Waals surface area contributed by atoms with Crippen LogP contribution in [-0.4, -0.2) is 42.5 Å². The molecule has 0 bridgehead atoms. The van der Waals surface area contributed by atoms with Gasteiger partial charge < -0.3 is 4.74 Å². The number of carbonyl (C=O) groups excluding carboxylic acids is 1. The maximum Gasteiger partial charge on any atom is 0.323 e. The van der Waals surface area contributed by atoms with Crippen LogP contribution in [0, 0.1) is 5.92 Å². The zero-order chi connectivity index (χ0) is 13.9. The van der Waals surface area contributed by atoms with E-state index in [1.807, 2.05) is 0 Å². The van der Waals surface area contributed by atoms with Crippen LogP contribution in [0.2, 0.25) is 0 Å². The van der Waals surface area contributed by atoms with Crippen molar-refractivity contribution in [1.82, 2.24) is 4.90 Å². The highest BCUT2D eigenvalue weighted by Crippen LogP contribution is 2.39. The second-order valence-electron chi connectivity index (χ2n) is 5.72. The van der Waals surface area contributed by atoms with Gasteiger partial charge >= 0.3 is 5.97 Å². The van der Waals surface area contributed by atoms with Crippen LogP contribution in [0.5, 0.6) is 0 Å². The summed E-state index contributed by atoms with van der Waals surface area (Å²) in [6.07, 6.45) is 3.38. The van der Waals surface area contributed by atoms with E-state index >= 15 is 0 Å². The average molecular weight is 275 g/mol. The number of hydrogen-bond acceptors (Lipinski definition) is 3. The highest BCUT2D eigenvalue weighted by Gasteiger charge is 2.41. The molecule has 3 nitrogen and oxygen atoms in total. The van der Waals surface area contributed by atoms with E-state index in [2.05, 4.69) is 4.90 Å². The van der Waals surface area contributed by atoms with Gasteiger partial charge in [0.1, 0.15) is 6.04 Å². The second-order valence-corrected chi connectivity index (χ2v) is 5.72. The predicted molar refractivity (Wildman–Crippen MR) is 68.1 cm³/mol. The predicted octanol–water partition coefficient (Wildman–Crippen LogP) is 2.84. The lowest BCUT2D eigenvalue weighted by Gasteiger charge is -2.35. The molecule has 0 aromatic heterocycles. The van der Waals surface area contributed by atoms with Crippen LogP contribution in [0.4, 0.5) is 8.78 Å². The SMILES string of the molecule is CCOC(=O)C1CCCCN1CC1CCC(F)(F)C1. The molecular weight excluding hydrogens is 252 g/mol. The summed E-state index contributed by atoms with van der Waals surface area (Å²) < 4.78 is 31.5. The van der Waals surface area contributed by atoms with Gasteiger partial charge in [-0.2, -0.15) is 0 Å². The Hall–Kier alpha value is -0.710. The molecular formula is C14H23F2NO2. The standard InChI is InChI=1S/C14H23F2NO2/c1-2-19-13(18)12-5-3-4-8-17(12)10-11-6-7-14(15,16)9-11/h11-12H,2-10H2,1H3. The number of hydrogen-bond donors (Lipinski definition) is 0. The van der Waals surface area contributed by atoms with Crippen molar-refractivity contribution < 1.29 is 18.3 Å². The lowest BCUT2D eigenvalue weighted by molar-refractivity contribution is -0.151. The first kappa shape index (κ1) is 14.7. The molecule has 0 amide bonds. The van der Waals surface area contributed by atoms with Gasteiger partial charge in [0.05, 0.1) is 6.61 Å². The summed E-state index contributed by atoms with van der Waals surface area (Å²) in [5.41, 5.74) is 0. The second kappa shape index (κ2) is 6.16. The van der Waals surface area contributed by atoms with Crippen molar-refractivity contribution in [3.63, 3.8) is 0 Å². The van der Waals surface area contributed by atoms with Gasteiger partial charge in [-0.05, 0) is 38.6 Å². The smallest absolute Gasteiger partial charge is 0.323 e.